The second kappa shape index (κ2) is 7.97. The van der Waals surface area contributed by atoms with Gasteiger partial charge in [0.05, 0.1) is 0 Å². The van der Waals surface area contributed by atoms with Crippen molar-refractivity contribution < 1.29 is 5.11 Å². The van der Waals surface area contributed by atoms with Crippen molar-refractivity contribution >= 4 is 17.8 Å². The van der Waals surface area contributed by atoms with Gasteiger partial charge in [0, 0.05) is 26.2 Å². The highest BCUT2D eigenvalue weighted by Crippen LogP contribution is 2.22. The second-order valence-corrected chi connectivity index (χ2v) is 5.83. The molecule has 1 heterocycles. The molecule has 1 aromatic heterocycles. The monoisotopic (exact) mass is 296 g/mol. The lowest BCUT2D eigenvalue weighted by molar-refractivity contribution is 0.247. The first-order chi connectivity index (χ1) is 9.91. The molecule has 0 amide bonds. The summed E-state index contributed by atoms with van der Waals surface area (Å²) >= 11 is 0. The molecular weight excluding hydrogens is 268 g/mol. The van der Waals surface area contributed by atoms with E-state index >= 15 is 0 Å². The van der Waals surface area contributed by atoms with Crippen molar-refractivity contribution in [1.29, 1.82) is 0 Å². The molecule has 0 bridgehead atoms. The fourth-order valence-corrected chi connectivity index (χ4v) is 2.07. The van der Waals surface area contributed by atoms with E-state index in [0.717, 1.165) is 25.9 Å². The van der Waals surface area contributed by atoms with Crippen LogP contribution in [0, 0.1) is 5.41 Å². The van der Waals surface area contributed by atoms with Gasteiger partial charge in [-0.3, -0.25) is 0 Å². The van der Waals surface area contributed by atoms with Crippen LogP contribution < -0.4 is 16.0 Å². The first kappa shape index (κ1) is 17.4. The van der Waals surface area contributed by atoms with E-state index in [2.05, 4.69) is 48.0 Å². The Morgan fingerprint density at radius 2 is 1.86 bits per heavy atom. The van der Waals surface area contributed by atoms with Gasteiger partial charge in [0.25, 0.3) is 0 Å². The molecule has 7 nitrogen and oxygen atoms in total. The van der Waals surface area contributed by atoms with Gasteiger partial charge in [-0.15, -0.1) is 0 Å². The molecule has 7 heteroatoms. The summed E-state index contributed by atoms with van der Waals surface area (Å²) in [6.07, 6.45) is 1.72. The molecule has 0 saturated heterocycles. The fourth-order valence-electron chi connectivity index (χ4n) is 2.07. The number of nitrogen functional groups attached to an aromatic ring is 1. The van der Waals surface area contributed by atoms with Gasteiger partial charge in [0.2, 0.25) is 17.8 Å². The first-order valence-electron chi connectivity index (χ1n) is 7.53. The Balaban J connectivity index is 2.75. The zero-order valence-corrected chi connectivity index (χ0v) is 13.6. The van der Waals surface area contributed by atoms with Crippen molar-refractivity contribution in [2.45, 2.75) is 40.5 Å². The summed E-state index contributed by atoms with van der Waals surface area (Å²) in [7, 11) is 0. The minimum atomic E-state index is 0.0550. The van der Waals surface area contributed by atoms with Crippen LogP contribution in [0.15, 0.2) is 0 Å². The largest absolute Gasteiger partial charge is 0.396 e. The molecule has 0 aliphatic rings. The summed E-state index contributed by atoms with van der Waals surface area (Å²) < 4.78 is 0. The van der Waals surface area contributed by atoms with Crippen molar-refractivity contribution in [2.24, 2.45) is 5.41 Å². The van der Waals surface area contributed by atoms with Crippen LogP contribution in [0.1, 0.15) is 40.5 Å². The molecule has 0 atom stereocenters. The van der Waals surface area contributed by atoms with E-state index in [4.69, 9.17) is 10.8 Å². The molecule has 0 aliphatic heterocycles. The van der Waals surface area contributed by atoms with Gasteiger partial charge in [-0.25, -0.2) is 0 Å². The third-order valence-electron chi connectivity index (χ3n) is 3.42. The number of anilines is 3. The number of nitrogens with one attached hydrogen (secondary N) is 1. The van der Waals surface area contributed by atoms with Crippen molar-refractivity contribution in [3.8, 4) is 0 Å². The molecule has 0 aromatic carbocycles. The lowest BCUT2D eigenvalue weighted by Gasteiger charge is -2.25. The summed E-state index contributed by atoms with van der Waals surface area (Å²) in [5.41, 5.74) is 5.82. The van der Waals surface area contributed by atoms with E-state index in [1.54, 1.807) is 0 Å². The Morgan fingerprint density at radius 3 is 2.43 bits per heavy atom. The zero-order valence-electron chi connectivity index (χ0n) is 13.6. The van der Waals surface area contributed by atoms with Crippen LogP contribution in [0.2, 0.25) is 0 Å². The van der Waals surface area contributed by atoms with E-state index in [1.807, 2.05) is 4.90 Å². The molecule has 0 saturated carbocycles. The molecule has 0 fully saturated rings. The van der Waals surface area contributed by atoms with Crippen molar-refractivity contribution in [3.63, 3.8) is 0 Å². The van der Waals surface area contributed by atoms with E-state index in [-0.39, 0.29) is 18.0 Å². The Bertz CT molecular complexity index is 433. The van der Waals surface area contributed by atoms with E-state index in [9.17, 15) is 0 Å². The number of rotatable bonds is 9. The predicted octanol–water partition coefficient (Wildman–Crippen LogP) is 1.51. The van der Waals surface area contributed by atoms with Gasteiger partial charge >= 0.3 is 0 Å². The van der Waals surface area contributed by atoms with Crippen molar-refractivity contribution in [1.82, 2.24) is 15.0 Å². The summed E-state index contributed by atoms with van der Waals surface area (Å²) in [5, 5.41) is 12.2. The Kier molecular flexibility index (Phi) is 6.61. The van der Waals surface area contributed by atoms with Crippen LogP contribution in [0.3, 0.4) is 0 Å². The third-order valence-corrected chi connectivity index (χ3v) is 3.42. The topological polar surface area (TPSA) is 100 Å². The van der Waals surface area contributed by atoms with Crippen LogP contribution in [0.4, 0.5) is 17.8 Å². The van der Waals surface area contributed by atoms with Crippen LogP contribution in [0.5, 0.6) is 0 Å². The van der Waals surface area contributed by atoms with E-state index in [1.165, 1.54) is 0 Å². The number of aromatic nitrogens is 3. The molecule has 0 spiro atoms. The maximum absolute atomic E-state index is 8.93. The normalized spacial score (nSPS) is 11.5. The summed E-state index contributed by atoms with van der Waals surface area (Å²) in [4.78, 5) is 14.8. The SMILES string of the molecule is CCN(CC)c1nc(N)nc(NCC(C)(C)CCCO)n1. The van der Waals surface area contributed by atoms with Gasteiger partial charge in [0.1, 0.15) is 0 Å². The highest BCUT2D eigenvalue weighted by Gasteiger charge is 2.18. The summed E-state index contributed by atoms with van der Waals surface area (Å²) in [5.74, 6) is 1.33. The van der Waals surface area contributed by atoms with Gasteiger partial charge in [-0.2, -0.15) is 15.0 Å². The smallest absolute Gasteiger partial charge is 0.231 e. The zero-order chi connectivity index (χ0) is 15.9. The highest BCUT2D eigenvalue weighted by molar-refractivity contribution is 5.41. The van der Waals surface area contributed by atoms with E-state index in [0.29, 0.717) is 18.4 Å². The molecule has 1 rings (SSSR count). The minimum Gasteiger partial charge on any atom is -0.396 e. The number of aliphatic hydroxyl groups is 1. The Labute approximate surface area is 127 Å². The number of nitrogens with two attached hydrogens (primary N) is 1. The van der Waals surface area contributed by atoms with Crippen LogP contribution in [0.25, 0.3) is 0 Å². The lowest BCUT2D eigenvalue weighted by atomic mass is 9.88. The average molecular weight is 296 g/mol. The average Bonchev–Trinajstić information content (AvgIpc) is 2.44. The molecule has 120 valence electrons. The number of hydrogen-bond donors (Lipinski definition) is 3. The van der Waals surface area contributed by atoms with Gasteiger partial charge in [-0.05, 0) is 32.1 Å². The van der Waals surface area contributed by atoms with Gasteiger partial charge < -0.3 is 21.1 Å². The Morgan fingerprint density at radius 1 is 1.19 bits per heavy atom. The number of hydrogen-bond acceptors (Lipinski definition) is 7. The van der Waals surface area contributed by atoms with Crippen LogP contribution in [-0.4, -0.2) is 46.3 Å². The maximum Gasteiger partial charge on any atom is 0.231 e. The molecule has 1 aromatic rings. The number of nitrogens with zero attached hydrogens (tertiary/aromatic N) is 4. The van der Waals surface area contributed by atoms with Gasteiger partial charge in [0.15, 0.2) is 0 Å². The second-order valence-electron chi connectivity index (χ2n) is 5.83. The van der Waals surface area contributed by atoms with Crippen LogP contribution in [-0.2, 0) is 0 Å². The predicted molar refractivity (Wildman–Crippen MR) is 86.4 cm³/mol. The lowest BCUT2D eigenvalue weighted by Crippen LogP contribution is -2.27. The molecule has 0 aliphatic carbocycles. The summed E-state index contributed by atoms with van der Waals surface area (Å²) in [6, 6.07) is 0. The molecule has 21 heavy (non-hydrogen) atoms. The first-order valence-corrected chi connectivity index (χ1v) is 7.53. The van der Waals surface area contributed by atoms with Crippen LogP contribution >= 0.6 is 0 Å². The minimum absolute atomic E-state index is 0.0550. The Hall–Kier alpha value is -1.63. The third kappa shape index (κ3) is 5.71. The molecule has 4 N–H and O–H groups in total. The molecular formula is C14H28N6O. The van der Waals surface area contributed by atoms with Crippen molar-refractivity contribution in [3.05, 3.63) is 0 Å². The highest BCUT2D eigenvalue weighted by atomic mass is 16.2. The molecule has 0 unspecified atom stereocenters. The fraction of sp³-hybridized carbons (Fsp3) is 0.786. The quantitative estimate of drug-likeness (QED) is 0.635. The van der Waals surface area contributed by atoms with E-state index < -0.39 is 0 Å². The maximum atomic E-state index is 8.93. The van der Waals surface area contributed by atoms with Crippen molar-refractivity contribution in [2.75, 3.05) is 42.2 Å². The van der Waals surface area contributed by atoms with Gasteiger partial charge in [-0.1, -0.05) is 13.8 Å². The molecule has 0 radical (unpaired) electrons. The standard InChI is InChI=1S/C14H28N6O/c1-5-20(6-2)13-18-11(15)17-12(19-13)16-10-14(3,4)8-7-9-21/h21H,5-10H2,1-4H3,(H3,15,16,17,18,19). The summed E-state index contributed by atoms with van der Waals surface area (Å²) in [6.45, 7) is 11.0. The number of aliphatic hydroxyl groups excluding tert-OH is 1.